The Hall–Kier alpha value is -2.67. The zero-order valence-corrected chi connectivity index (χ0v) is 17.3. The van der Waals surface area contributed by atoms with Crippen molar-refractivity contribution in [1.82, 2.24) is 20.4 Å². The molecule has 0 bridgehead atoms. The maximum Gasteiger partial charge on any atom is 0.255 e. The first-order valence-corrected chi connectivity index (χ1v) is 9.42. The van der Waals surface area contributed by atoms with Crippen LogP contribution in [0.2, 0.25) is 0 Å². The van der Waals surface area contributed by atoms with E-state index in [1.165, 1.54) is 0 Å². The Morgan fingerprint density at radius 3 is 2.38 bits per heavy atom. The number of aromatic nitrogens is 2. The highest BCUT2D eigenvalue weighted by molar-refractivity contribution is 5.99. The first-order chi connectivity index (χ1) is 13.8. The van der Waals surface area contributed by atoms with Gasteiger partial charge in [-0.05, 0) is 5.56 Å². The van der Waals surface area contributed by atoms with Crippen molar-refractivity contribution in [2.75, 3.05) is 33.4 Å². The summed E-state index contributed by atoms with van der Waals surface area (Å²) in [5, 5.41) is 10.9. The quantitative estimate of drug-likeness (QED) is 0.500. The van der Waals surface area contributed by atoms with E-state index in [2.05, 4.69) is 27.9 Å². The summed E-state index contributed by atoms with van der Waals surface area (Å²) in [6, 6.07) is 19.9. The molecule has 0 aliphatic carbocycles. The lowest BCUT2D eigenvalue weighted by Gasteiger charge is -2.06. The average Bonchev–Trinajstić information content (AvgIpc) is 3.16. The van der Waals surface area contributed by atoms with Gasteiger partial charge >= 0.3 is 0 Å². The van der Waals surface area contributed by atoms with Crippen molar-refractivity contribution in [2.24, 2.45) is 0 Å². The molecule has 0 saturated carbocycles. The highest BCUT2D eigenvalue weighted by Crippen LogP contribution is 2.22. The van der Waals surface area contributed by atoms with Crippen LogP contribution < -0.4 is 10.6 Å². The number of nitrogens with zero attached hydrogens (tertiary/aromatic N) is 2. The molecule has 1 heterocycles. The highest BCUT2D eigenvalue weighted by Gasteiger charge is 2.17. The number of methoxy groups -OCH3 is 1. The molecule has 0 unspecified atom stereocenters. The Labute approximate surface area is 177 Å². The lowest BCUT2D eigenvalue weighted by molar-refractivity contribution is 0.0954. The molecule has 29 heavy (non-hydrogen) atoms. The SMILES string of the molecule is COCCNCCNC(=O)c1cn(Cc2ccccc2)nc1-c1ccccc1.Cl. The fourth-order valence-electron chi connectivity index (χ4n) is 2.91. The van der Waals surface area contributed by atoms with Crippen LogP contribution in [0.4, 0.5) is 0 Å². The summed E-state index contributed by atoms with van der Waals surface area (Å²) >= 11 is 0. The second-order valence-electron chi connectivity index (χ2n) is 6.44. The molecular weight excluding hydrogens is 388 g/mol. The molecular formula is C22H27ClN4O2. The smallest absolute Gasteiger partial charge is 0.255 e. The summed E-state index contributed by atoms with van der Waals surface area (Å²) in [6.45, 7) is 3.26. The van der Waals surface area contributed by atoms with Gasteiger partial charge in [0.15, 0.2) is 0 Å². The van der Waals surface area contributed by atoms with Gasteiger partial charge in [0.25, 0.3) is 5.91 Å². The van der Waals surface area contributed by atoms with Gasteiger partial charge in [-0.15, -0.1) is 12.4 Å². The number of nitrogens with one attached hydrogen (secondary N) is 2. The van der Waals surface area contributed by atoms with Crippen LogP contribution in [-0.4, -0.2) is 49.0 Å². The van der Waals surface area contributed by atoms with Crippen LogP contribution in [0.25, 0.3) is 11.3 Å². The highest BCUT2D eigenvalue weighted by atomic mass is 35.5. The van der Waals surface area contributed by atoms with Gasteiger partial charge in [0, 0.05) is 38.5 Å². The van der Waals surface area contributed by atoms with E-state index in [-0.39, 0.29) is 18.3 Å². The predicted molar refractivity (Wildman–Crippen MR) is 118 cm³/mol. The minimum atomic E-state index is -0.119. The molecule has 0 radical (unpaired) electrons. The van der Waals surface area contributed by atoms with Crippen molar-refractivity contribution in [3.63, 3.8) is 0 Å². The molecule has 154 valence electrons. The maximum atomic E-state index is 12.8. The topological polar surface area (TPSA) is 68.2 Å². The Morgan fingerprint density at radius 2 is 1.69 bits per heavy atom. The molecule has 0 aliphatic heterocycles. The summed E-state index contributed by atoms with van der Waals surface area (Å²) < 4.78 is 6.82. The number of benzene rings is 2. The molecule has 3 aromatic rings. The summed E-state index contributed by atoms with van der Waals surface area (Å²) in [5.74, 6) is -0.119. The van der Waals surface area contributed by atoms with Crippen LogP contribution >= 0.6 is 12.4 Å². The second kappa shape index (κ2) is 12.0. The maximum absolute atomic E-state index is 12.8. The van der Waals surface area contributed by atoms with Crippen LogP contribution in [0.1, 0.15) is 15.9 Å². The Balaban J connectivity index is 0.00000300. The first kappa shape index (κ1) is 22.6. The van der Waals surface area contributed by atoms with Crippen LogP contribution in [0, 0.1) is 0 Å². The van der Waals surface area contributed by atoms with Crippen LogP contribution in [0.5, 0.6) is 0 Å². The number of carbonyl (C=O) groups is 1. The number of hydrogen-bond donors (Lipinski definition) is 2. The van der Waals surface area contributed by atoms with Crippen LogP contribution in [0.3, 0.4) is 0 Å². The van der Waals surface area contributed by atoms with Gasteiger partial charge in [0.05, 0.1) is 18.7 Å². The second-order valence-corrected chi connectivity index (χ2v) is 6.44. The molecule has 0 atom stereocenters. The number of rotatable bonds is 10. The lowest BCUT2D eigenvalue weighted by Crippen LogP contribution is -2.33. The van der Waals surface area contributed by atoms with Gasteiger partial charge in [0.1, 0.15) is 5.69 Å². The van der Waals surface area contributed by atoms with E-state index in [1.54, 1.807) is 7.11 Å². The van der Waals surface area contributed by atoms with Crippen molar-refractivity contribution in [2.45, 2.75) is 6.54 Å². The van der Waals surface area contributed by atoms with Gasteiger partial charge in [0.2, 0.25) is 0 Å². The van der Waals surface area contributed by atoms with Crippen molar-refractivity contribution in [1.29, 1.82) is 0 Å². The van der Waals surface area contributed by atoms with E-state index in [0.29, 0.717) is 37.5 Å². The molecule has 1 amide bonds. The Bertz CT molecular complexity index is 869. The molecule has 3 rings (SSSR count). The van der Waals surface area contributed by atoms with Gasteiger partial charge in [-0.1, -0.05) is 60.7 Å². The normalized spacial score (nSPS) is 10.4. The average molecular weight is 415 g/mol. The standard InChI is InChI=1S/C22H26N4O2.ClH/c1-28-15-14-23-12-13-24-22(27)20-17-26(16-18-8-4-2-5-9-18)25-21(20)19-10-6-3-7-11-19;/h2-11,17,23H,12-16H2,1H3,(H,24,27);1H. The predicted octanol–water partition coefficient (Wildman–Crippen LogP) is 2.99. The molecule has 1 aromatic heterocycles. The minimum absolute atomic E-state index is 0. The Kier molecular flexibility index (Phi) is 9.37. The minimum Gasteiger partial charge on any atom is -0.383 e. The number of amides is 1. The van der Waals surface area contributed by atoms with E-state index < -0.39 is 0 Å². The summed E-state index contributed by atoms with van der Waals surface area (Å²) in [7, 11) is 1.67. The zero-order chi connectivity index (χ0) is 19.6. The van der Waals surface area contributed by atoms with E-state index in [4.69, 9.17) is 4.74 Å². The molecule has 2 N–H and O–H groups in total. The molecule has 0 aliphatic rings. The van der Waals surface area contributed by atoms with Gasteiger partial charge in [-0.3, -0.25) is 9.48 Å². The van der Waals surface area contributed by atoms with E-state index in [9.17, 15) is 4.79 Å². The fraction of sp³-hybridized carbons (Fsp3) is 0.273. The van der Waals surface area contributed by atoms with Crippen molar-refractivity contribution in [3.8, 4) is 11.3 Å². The third-order valence-electron chi connectivity index (χ3n) is 4.31. The monoisotopic (exact) mass is 414 g/mol. The van der Waals surface area contributed by atoms with Crippen LogP contribution in [-0.2, 0) is 11.3 Å². The molecule has 0 saturated heterocycles. The molecule has 7 heteroatoms. The van der Waals surface area contributed by atoms with Gasteiger partial charge in [-0.25, -0.2) is 0 Å². The van der Waals surface area contributed by atoms with Gasteiger partial charge < -0.3 is 15.4 Å². The molecule has 0 fully saturated rings. The third kappa shape index (κ3) is 6.71. The van der Waals surface area contributed by atoms with Crippen LogP contribution in [0.15, 0.2) is 66.9 Å². The molecule has 6 nitrogen and oxygen atoms in total. The zero-order valence-electron chi connectivity index (χ0n) is 16.5. The first-order valence-electron chi connectivity index (χ1n) is 9.42. The lowest BCUT2D eigenvalue weighted by atomic mass is 10.1. The Morgan fingerprint density at radius 1 is 1.00 bits per heavy atom. The summed E-state index contributed by atoms with van der Waals surface area (Å²) in [4.78, 5) is 12.8. The number of halogens is 1. The number of carbonyl (C=O) groups excluding carboxylic acids is 1. The fourth-order valence-corrected chi connectivity index (χ4v) is 2.91. The van der Waals surface area contributed by atoms with E-state index in [1.807, 2.05) is 59.4 Å². The van der Waals surface area contributed by atoms with Crippen molar-refractivity contribution < 1.29 is 9.53 Å². The summed E-state index contributed by atoms with van der Waals surface area (Å²) in [6.07, 6.45) is 1.82. The molecule has 0 spiro atoms. The van der Waals surface area contributed by atoms with Gasteiger partial charge in [-0.2, -0.15) is 5.10 Å². The molecule has 2 aromatic carbocycles. The third-order valence-corrected chi connectivity index (χ3v) is 4.31. The number of ether oxygens (including phenoxy) is 1. The number of hydrogen-bond acceptors (Lipinski definition) is 4. The van der Waals surface area contributed by atoms with E-state index in [0.717, 1.165) is 17.7 Å². The van der Waals surface area contributed by atoms with E-state index >= 15 is 0 Å². The summed E-state index contributed by atoms with van der Waals surface area (Å²) in [5.41, 5.74) is 3.34. The largest absolute Gasteiger partial charge is 0.383 e. The van der Waals surface area contributed by atoms with Crippen molar-refractivity contribution in [3.05, 3.63) is 78.0 Å². The van der Waals surface area contributed by atoms with Crippen molar-refractivity contribution >= 4 is 18.3 Å².